The van der Waals surface area contributed by atoms with Crippen LogP contribution in [0.15, 0.2) is 24.3 Å². The van der Waals surface area contributed by atoms with E-state index in [0.717, 1.165) is 12.6 Å². The molecule has 0 spiro atoms. The molecule has 0 unspecified atom stereocenters. The number of fused-ring (bicyclic) bond motifs is 1. The highest BCUT2D eigenvalue weighted by Crippen LogP contribution is 2.25. The number of benzene rings is 1. The molecule has 1 aliphatic carbocycles. The van der Waals surface area contributed by atoms with Crippen LogP contribution in [0.2, 0.25) is 0 Å². The maximum Gasteiger partial charge on any atom is 0.413 e. The fraction of sp³-hybridized carbons (Fsp3) is 0.571. The molecule has 3 N–H and O–H groups in total. The molecular weight excluding hydrogens is 372 g/mol. The molecule has 25 heavy (non-hydrogen) atoms. The molecule has 1 heterocycles. The van der Waals surface area contributed by atoms with Gasteiger partial charge in [0.2, 0.25) is 0 Å². The predicted octanol–water partition coefficient (Wildman–Crippen LogP) is 0.0577. The first-order chi connectivity index (χ1) is 11.6. The van der Waals surface area contributed by atoms with E-state index in [0.29, 0.717) is 0 Å². The van der Waals surface area contributed by atoms with E-state index in [1.165, 1.54) is 38.9 Å². The van der Waals surface area contributed by atoms with Gasteiger partial charge in [-0.05, 0) is 43.5 Å². The highest BCUT2D eigenvalue weighted by Gasteiger charge is 2.26. The van der Waals surface area contributed by atoms with Crippen molar-refractivity contribution in [1.82, 2.24) is 10.2 Å². The second-order valence-electron chi connectivity index (χ2n) is 5.89. The molecule has 1 saturated heterocycles. The highest BCUT2D eigenvalue weighted by atomic mass is 32.3. The molecule has 11 heteroatoms. The molecule has 0 radical (unpaired) electrons. The van der Waals surface area contributed by atoms with Gasteiger partial charge < -0.3 is 5.32 Å². The summed E-state index contributed by atoms with van der Waals surface area (Å²) < 4.78 is 55.6. The van der Waals surface area contributed by atoms with E-state index in [-0.39, 0.29) is 0 Å². The SMILES string of the molecule is O=S(=O)(O)OS(=O)(=O)O.c1ccc2c(c1)CC(N1CCCNCC1)C2. The minimum absolute atomic E-state index is 0.761. The first-order valence-electron chi connectivity index (χ1n) is 7.81. The van der Waals surface area contributed by atoms with Gasteiger partial charge in [0.1, 0.15) is 0 Å². The zero-order chi connectivity index (χ0) is 18.5. The molecule has 0 atom stereocenters. The normalized spacial score (nSPS) is 19.6. The molecule has 1 aromatic carbocycles. The van der Waals surface area contributed by atoms with Gasteiger partial charge in [0, 0.05) is 19.1 Å². The van der Waals surface area contributed by atoms with Crippen molar-refractivity contribution in [2.45, 2.75) is 25.3 Å². The Labute approximate surface area is 147 Å². The third kappa shape index (κ3) is 7.36. The maximum atomic E-state index is 9.44. The lowest BCUT2D eigenvalue weighted by atomic mass is 10.1. The molecule has 2 aliphatic rings. The Morgan fingerprint density at radius 1 is 0.960 bits per heavy atom. The minimum Gasteiger partial charge on any atom is -0.315 e. The van der Waals surface area contributed by atoms with Gasteiger partial charge in [0.15, 0.2) is 0 Å². The van der Waals surface area contributed by atoms with Gasteiger partial charge >= 0.3 is 20.8 Å². The van der Waals surface area contributed by atoms with Crippen LogP contribution in [0.5, 0.6) is 0 Å². The fourth-order valence-corrected chi connectivity index (χ4v) is 4.00. The number of nitrogens with one attached hydrogen (secondary N) is 1. The monoisotopic (exact) mass is 394 g/mol. The molecule has 3 rings (SSSR count). The summed E-state index contributed by atoms with van der Waals surface area (Å²) in [5, 5.41) is 3.48. The largest absolute Gasteiger partial charge is 0.413 e. The van der Waals surface area contributed by atoms with Crippen molar-refractivity contribution in [2.24, 2.45) is 0 Å². The number of hydrogen-bond donors (Lipinski definition) is 3. The Hall–Kier alpha value is -1.08. The van der Waals surface area contributed by atoms with E-state index in [9.17, 15) is 16.8 Å². The standard InChI is InChI=1S/C14H20N2.H2O7S2/c1-2-5-13-11-14(10-12(13)4-1)16-8-3-6-15-7-9-16;1-8(2,3)7-9(4,5)6/h1-2,4-5,14-15H,3,6-11H2;(H,1,2,3)(H,4,5,6). The van der Waals surface area contributed by atoms with Gasteiger partial charge in [0.25, 0.3) is 0 Å². The summed E-state index contributed by atoms with van der Waals surface area (Å²) in [6.45, 7) is 4.84. The lowest BCUT2D eigenvalue weighted by Gasteiger charge is -2.26. The van der Waals surface area contributed by atoms with Gasteiger partial charge in [-0.3, -0.25) is 14.0 Å². The number of nitrogens with zero attached hydrogens (tertiary/aromatic N) is 1. The molecule has 1 fully saturated rings. The topological polar surface area (TPSA) is 133 Å². The summed E-state index contributed by atoms with van der Waals surface area (Å²) in [6.07, 6.45) is 3.82. The first kappa shape index (κ1) is 20.2. The minimum atomic E-state index is -5.12. The van der Waals surface area contributed by atoms with Crippen molar-refractivity contribution < 1.29 is 29.6 Å². The second-order valence-corrected chi connectivity index (χ2v) is 8.15. The molecule has 0 saturated carbocycles. The fourth-order valence-electron chi connectivity index (χ4n) is 3.13. The molecule has 0 amide bonds. The number of hydrogen-bond acceptors (Lipinski definition) is 7. The molecule has 1 aliphatic heterocycles. The predicted molar refractivity (Wildman–Crippen MR) is 90.9 cm³/mol. The smallest absolute Gasteiger partial charge is 0.315 e. The lowest BCUT2D eigenvalue weighted by molar-refractivity contribution is 0.215. The zero-order valence-electron chi connectivity index (χ0n) is 13.5. The van der Waals surface area contributed by atoms with Crippen molar-refractivity contribution in [3.05, 3.63) is 35.4 Å². The average molecular weight is 394 g/mol. The quantitative estimate of drug-likeness (QED) is 0.608. The van der Waals surface area contributed by atoms with Gasteiger partial charge in [-0.25, -0.2) is 0 Å². The third-order valence-corrected chi connectivity index (χ3v) is 5.47. The molecular formula is C14H22N2O7S2. The van der Waals surface area contributed by atoms with Crippen molar-refractivity contribution in [2.75, 3.05) is 26.2 Å². The zero-order valence-corrected chi connectivity index (χ0v) is 15.2. The summed E-state index contributed by atoms with van der Waals surface area (Å²) in [5.74, 6) is 0. The van der Waals surface area contributed by atoms with E-state index >= 15 is 0 Å². The first-order valence-corrected chi connectivity index (χ1v) is 10.5. The summed E-state index contributed by atoms with van der Waals surface area (Å²) in [5.41, 5.74) is 3.15. The van der Waals surface area contributed by atoms with E-state index in [1.807, 2.05) is 0 Å². The lowest BCUT2D eigenvalue weighted by Crippen LogP contribution is -2.38. The Bertz CT molecular complexity index is 717. The highest BCUT2D eigenvalue weighted by molar-refractivity contribution is 7.94. The summed E-state index contributed by atoms with van der Waals surface area (Å²) >= 11 is 0. The van der Waals surface area contributed by atoms with E-state index < -0.39 is 20.8 Å². The van der Waals surface area contributed by atoms with Gasteiger partial charge in [-0.15, -0.1) is 3.63 Å². The van der Waals surface area contributed by atoms with E-state index in [1.54, 1.807) is 11.1 Å². The van der Waals surface area contributed by atoms with Crippen molar-refractivity contribution in [3.63, 3.8) is 0 Å². The van der Waals surface area contributed by atoms with Crippen LogP contribution in [0, 0.1) is 0 Å². The Kier molecular flexibility index (Phi) is 6.91. The summed E-state index contributed by atoms with van der Waals surface area (Å²) in [4.78, 5) is 2.68. The average Bonchev–Trinajstić information content (AvgIpc) is 2.71. The van der Waals surface area contributed by atoms with Crippen LogP contribution < -0.4 is 5.32 Å². The van der Waals surface area contributed by atoms with Gasteiger partial charge in [-0.2, -0.15) is 16.8 Å². The molecule has 9 nitrogen and oxygen atoms in total. The van der Waals surface area contributed by atoms with Crippen LogP contribution in [-0.2, 0) is 37.3 Å². The number of rotatable bonds is 3. The molecule has 0 bridgehead atoms. The van der Waals surface area contributed by atoms with Crippen LogP contribution in [0.3, 0.4) is 0 Å². The molecule has 0 aromatic heterocycles. The van der Waals surface area contributed by atoms with Crippen LogP contribution in [0.25, 0.3) is 0 Å². The van der Waals surface area contributed by atoms with Crippen molar-refractivity contribution in [1.29, 1.82) is 0 Å². The second kappa shape index (κ2) is 8.54. The third-order valence-electron chi connectivity index (χ3n) is 4.09. The van der Waals surface area contributed by atoms with E-state index in [4.69, 9.17) is 9.11 Å². The van der Waals surface area contributed by atoms with Crippen LogP contribution >= 0.6 is 0 Å². The van der Waals surface area contributed by atoms with Crippen LogP contribution in [0.4, 0.5) is 0 Å². The molecule has 142 valence electrons. The van der Waals surface area contributed by atoms with Gasteiger partial charge in [-0.1, -0.05) is 24.3 Å². The Morgan fingerprint density at radius 3 is 2.00 bits per heavy atom. The van der Waals surface area contributed by atoms with Crippen LogP contribution in [0.1, 0.15) is 17.5 Å². The van der Waals surface area contributed by atoms with Gasteiger partial charge in [0.05, 0.1) is 0 Å². The van der Waals surface area contributed by atoms with E-state index in [2.05, 4.69) is 38.1 Å². The summed E-state index contributed by atoms with van der Waals surface area (Å²) in [7, 11) is -10.2. The van der Waals surface area contributed by atoms with Crippen molar-refractivity contribution in [3.8, 4) is 0 Å². The molecule has 1 aromatic rings. The van der Waals surface area contributed by atoms with Crippen molar-refractivity contribution >= 4 is 20.8 Å². The van der Waals surface area contributed by atoms with Crippen LogP contribution in [-0.4, -0.2) is 63.1 Å². The Balaban J connectivity index is 0.000000217. The summed E-state index contributed by atoms with van der Waals surface area (Å²) in [6, 6.07) is 9.70. The Morgan fingerprint density at radius 2 is 1.52 bits per heavy atom. The maximum absolute atomic E-state index is 9.44.